The quantitative estimate of drug-likeness (QED) is 0.803. The summed E-state index contributed by atoms with van der Waals surface area (Å²) >= 11 is 0. The van der Waals surface area contributed by atoms with Crippen molar-refractivity contribution in [3.05, 3.63) is 54.9 Å². The summed E-state index contributed by atoms with van der Waals surface area (Å²) in [7, 11) is 1.54. The molecule has 0 amide bonds. The van der Waals surface area contributed by atoms with Gasteiger partial charge in [0.25, 0.3) is 0 Å². The maximum Gasteiger partial charge on any atom is 0.147 e. The van der Waals surface area contributed by atoms with Gasteiger partial charge in [-0.2, -0.15) is 0 Å². The summed E-state index contributed by atoms with van der Waals surface area (Å²) in [6, 6.07) is 8.05. The van der Waals surface area contributed by atoms with Gasteiger partial charge in [-0.3, -0.25) is 4.57 Å². The van der Waals surface area contributed by atoms with Gasteiger partial charge in [0.1, 0.15) is 17.4 Å². The molecule has 0 saturated carbocycles. The Labute approximate surface area is 120 Å². The number of aromatic nitrogens is 3. The average molecular weight is 284 g/mol. The highest BCUT2D eigenvalue weighted by Crippen LogP contribution is 2.27. The molecule has 0 atom stereocenters. The Balaban J connectivity index is 2.15. The summed E-state index contributed by atoms with van der Waals surface area (Å²) in [5.74, 6) is 0.601. The second kappa shape index (κ2) is 5.24. The highest BCUT2D eigenvalue weighted by molar-refractivity contribution is 5.64. The number of ether oxygens (including phenoxy) is 1. The molecule has 0 bridgehead atoms. The number of benzene rings is 1. The molecule has 0 unspecified atom stereocenters. The first kappa shape index (κ1) is 13.1. The molecule has 0 aliphatic rings. The molecule has 2 N–H and O–H groups in total. The highest BCUT2D eigenvalue weighted by Gasteiger charge is 2.12. The molecule has 0 aliphatic carbocycles. The SMILES string of the molecule is COc1ccc(F)c(-n2cncc2-c2ccnc(N)c2)c1. The molecule has 0 radical (unpaired) electrons. The first-order valence-corrected chi connectivity index (χ1v) is 6.27. The minimum atomic E-state index is -0.364. The van der Waals surface area contributed by atoms with E-state index in [1.54, 1.807) is 47.6 Å². The van der Waals surface area contributed by atoms with Crippen molar-refractivity contribution in [1.82, 2.24) is 14.5 Å². The van der Waals surface area contributed by atoms with E-state index in [4.69, 9.17) is 10.5 Å². The second-order valence-electron chi connectivity index (χ2n) is 4.44. The van der Waals surface area contributed by atoms with Crippen molar-refractivity contribution in [2.24, 2.45) is 0 Å². The smallest absolute Gasteiger partial charge is 0.147 e. The first-order chi connectivity index (χ1) is 10.2. The first-order valence-electron chi connectivity index (χ1n) is 6.27. The van der Waals surface area contributed by atoms with Gasteiger partial charge in [0, 0.05) is 17.8 Å². The number of hydrogen-bond donors (Lipinski definition) is 1. The van der Waals surface area contributed by atoms with Gasteiger partial charge in [0.15, 0.2) is 0 Å². The molecular formula is C15H13FN4O. The van der Waals surface area contributed by atoms with Crippen molar-refractivity contribution in [3.63, 3.8) is 0 Å². The molecule has 3 rings (SSSR count). The fraction of sp³-hybridized carbons (Fsp3) is 0.0667. The molecule has 2 heterocycles. The molecule has 6 heteroatoms. The van der Waals surface area contributed by atoms with E-state index in [9.17, 15) is 4.39 Å². The largest absolute Gasteiger partial charge is 0.497 e. The van der Waals surface area contributed by atoms with Gasteiger partial charge in [-0.25, -0.2) is 14.4 Å². The van der Waals surface area contributed by atoms with Crippen molar-refractivity contribution in [3.8, 4) is 22.7 Å². The molecule has 21 heavy (non-hydrogen) atoms. The second-order valence-corrected chi connectivity index (χ2v) is 4.44. The van der Waals surface area contributed by atoms with Gasteiger partial charge in [0.2, 0.25) is 0 Å². The standard InChI is InChI=1S/C15H13FN4O/c1-21-11-2-3-12(16)13(7-11)20-9-18-8-14(20)10-4-5-19-15(17)6-10/h2-9H,1H3,(H2,17,19). The molecule has 5 nitrogen and oxygen atoms in total. The van der Waals surface area contributed by atoms with E-state index >= 15 is 0 Å². The highest BCUT2D eigenvalue weighted by atomic mass is 19.1. The van der Waals surface area contributed by atoms with Crippen molar-refractivity contribution >= 4 is 5.82 Å². The number of methoxy groups -OCH3 is 1. The Kier molecular flexibility index (Phi) is 3.27. The van der Waals surface area contributed by atoms with Crippen LogP contribution in [-0.4, -0.2) is 21.6 Å². The van der Waals surface area contributed by atoms with E-state index in [1.165, 1.54) is 13.2 Å². The summed E-state index contributed by atoms with van der Waals surface area (Å²) in [5, 5.41) is 0. The summed E-state index contributed by atoms with van der Waals surface area (Å²) in [6.45, 7) is 0. The molecule has 0 fully saturated rings. The van der Waals surface area contributed by atoms with E-state index in [0.29, 0.717) is 17.3 Å². The third-order valence-corrected chi connectivity index (χ3v) is 3.13. The van der Waals surface area contributed by atoms with Crippen LogP contribution in [0.3, 0.4) is 0 Å². The van der Waals surface area contributed by atoms with Crippen LogP contribution in [0.2, 0.25) is 0 Å². The predicted molar refractivity (Wildman–Crippen MR) is 77.7 cm³/mol. The van der Waals surface area contributed by atoms with Crippen LogP contribution in [0.25, 0.3) is 16.9 Å². The lowest BCUT2D eigenvalue weighted by Crippen LogP contribution is -2.00. The maximum absolute atomic E-state index is 14.1. The zero-order valence-corrected chi connectivity index (χ0v) is 11.3. The van der Waals surface area contributed by atoms with Crippen LogP contribution in [0.5, 0.6) is 5.75 Å². The summed E-state index contributed by atoms with van der Waals surface area (Å²) in [6.07, 6.45) is 4.79. The molecule has 0 spiro atoms. The minimum absolute atomic E-state index is 0.359. The zero-order chi connectivity index (χ0) is 14.8. The minimum Gasteiger partial charge on any atom is -0.497 e. The number of nitrogens with two attached hydrogens (primary N) is 1. The van der Waals surface area contributed by atoms with Crippen molar-refractivity contribution in [1.29, 1.82) is 0 Å². The van der Waals surface area contributed by atoms with Crippen LogP contribution in [0.15, 0.2) is 49.1 Å². The van der Waals surface area contributed by atoms with Crippen molar-refractivity contribution in [2.45, 2.75) is 0 Å². The van der Waals surface area contributed by atoms with Gasteiger partial charge >= 0.3 is 0 Å². The lowest BCUT2D eigenvalue weighted by Gasteiger charge is -2.11. The van der Waals surface area contributed by atoms with Crippen LogP contribution in [0, 0.1) is 5.82 Å². The fourth-order valence-electron chi connectivity index (χ4n) is 2.11. The number of anilines is 1. The normalized spacial score (nSPS) is 10.6. The van der Waals surface area contributed by atoms with Crippen LogP contribution in [-0.2, 0) is 0 Å². The predicted octanol–water partition coefficient (Wildman–Crippen LogP) is 2.66. The zero-order valence-electron chi connectivity index (χ0n) is 11.3. The van der Waals surface area contributed by atoms with Gasteiger partial charge in [-0.15, -0.1) is 0 Å². The Bertz CT molecular complexity index is 785. The summed E-state index contributed by atoms with van der Waals surface area (Å²) < 4.78 is 20.9. The molecule has 3 aromatic rings. The summed E-state index contributed by atoms with van der Waals surface area (Å²) in [4.78, 5) is 8.05. The average Bonchev–Trinajstić information content (AvgIpc) is 2.97. The number of rotatable bonds is 3. The van der Waals surface area contributed by atoms with E-state index in [2.05, 4.69) is 9.97 Å². The van der Waals surface area contributed by atoms with Crippen LogP contribution >= 0.6 is 0 Å². The van der Waals surface area contributed by atoms with E-state index < -0.39 is 0 Å². The third-order valence-electron chi connectivity index (χ3n) is 3.13. The molecule has 106 valence electrons. The fourth-order valence-corrected chi connectivity index (χ4v) is 2.11. The number of pyridine rings is 1. The molecule has 1 aromatic carbocycles. The maximum atomic E-state index is 14.1. The van der Waals surface area contributed by atoms with Gasteiger partial charge in [-0.05, 0) is 24.3 Å². The van der Waals surface area contributed by atoms with Crippen LogP contribution < -0.4 is 10.5 Å². The Morgan fingerprint density at radius 2 is 2.10 bits per heavy atom. The van der Waals surface area contributed by atoms with Crippen molar-refractivity contribution in [2.75, 3.05) is 12.8 Å². The van der Waals surface area contributed by atoms with Crippen LogP contribution in [0.4, 0.5) is 10.2 Å². The number of nitrogen functional groups attached to an aromatic ring is 1. The van der Waals surface area contributed by atoms with Gasteiger partial charge in [0.05, 0.1) is 31.0 Å². The van der Waals surface area contributed by atoms with Gasteiger partial charge in [-0.1, -0.05) is 0 Å². The number of imidazole rings is 1. The van der Waals surface area contributed by atoms with E-state index in [1.807, 2.05) is 0 Å². The molecular weight excluding hydrogens is 271 g/mol. The number of hydrogen-bond acceptors (Lipinski definition) is 4. The Morgan fingerprint density at radius 3 is 2.86 bits per heavy atom. The lowest BCUT2D eigenvalue weighted by atomic mass is 10.2. The third kappa shape index (κ3) is 2.43. The molecule has 0 saturated heterocycles. The van der Waals surface area contributed by atoms with Crippen molar-refractivity contribution < 1.29 is 9.13 Å². The topological polar surface area (TPSA) is 66.0 Å². The summed E-state index contributed by atoms with van der Waals surface area (Å²) in [5.41, 5.74) is 7.58. The number of nitrogens with zero attached hydrogens (tertiary/aromatic N) is 3. The number of halogens is 1. The van der Waals surface area contributed by atoms with E-state index in [0.717, 1.165) is 11.3 Å². The Morgan fingerprint density at radius 1 is 1.24 bits per heavy atom. The monoisotopic (exact) mass is 284 g/mol. The molecule has 0 aliphatic heterocycles. The van der Waals surface area contributed by atoms with E-state index in [-0.39, 0.29) is 5.82 Å². The van der Waals surface area contributed by atoms with Gasteiger partial charge < -0.3 is 10.5 Å². The van der Waals surface area contributed by atoms with Crippen LogP contribution in [0.1, 0.15) is 0 Å². The molecule has 2 aromatic heterocycles. The Hall–Kier alpha value is -2.89. The lowest BCUT2D eigenvalue weighted by molar-refractivity contribution is 0.413.